The second-order valence-electron chi connectivity index (χ2n) is 29.3. The van der Waals surface area contributed by atoms with E-state index in [1.165, 1.54) is 39.0 Å². The van der Waals surface area contributed by atoms with Gasteiger partial charge in [-0.2, -0.15) is 5.21 Å². The molecule has 6 rings (SSSR count). The lowest BCUT2D eigenvalue weighted by atomic mass is 9.87. The van der Waals surface area contributed by atoms with E-state index < -0.39 is 156 Å². The van der Waals surface area contributed by atoms with Crippen molar-refractivity contribution in [3.8, 4) is 16.9 Å². The van der Waals surface area contributed by atoms with Crippen molar-refractivity contribution in [1.82, 2.24) is 78.7 Å². The number of nitrogens with zero attached hydrogens (tertiary/aromatic N) is 7. The molecule has 0 aliphatic carbocycles. The molecule has 36 heteroatoms. The molecule has 114 heavy (non-hydrogen) atoms. The minimum Gasteiger partial charge on any atom is -0.494 e. The van der Waals surface area contributed by atoms with Gasteiger partial charge in [-0.3, -0.25) is 57.5 Å². The summed E-state index contributed by atoms with van der Waals surface area (Å²) in [6, 6.07) is 12.8. The number of piperidine rings is 1. The topological polar surface area (TPSA) is 528 Å². The molecule has 1 aliphatic heterocycles. The summed E-state index contributed by atoms with van der Waals surface area (Å²) in [5.74, 6) is -11.1. The molecule has 0 saturated carbocycles. The van der Waals surface area contributed by atoms with Gasteiger partial charge in [-0.25, -0.2) is 4.39 Å². The molecule has 0 bridgehead atoms. The number of carbonyl (C=O) groups excluding carboxylic acids is 12. The van der Waals surface area contributed by atoms with Crippen LogP contribution in [0.3, 0.4) is 0 Å². The number of primary amides is 1. The second kappa shape index (κ2) is 44.7. The molecule has 1 fully saturated rings. The number of likely N-dealkylation sites (tertiary alicyclic amines) is 1. The highest BCUT2D eigenvalue weighted by atomic mass is 19.1. The van der Waals surface area contributed by atoms with Gasteiger partial charge in [0.1, 0.15) is 59.4 Å². The van der Waals surface area contributed by atoms with Crippen LogP contribution in [0.5, 0.6) is 5.75 Å². The van der Waals surface area contributed by atoms with Crippen LogP contribution in [0.25, 0.3) is 21.6 Å². The van der Waals surface area contributed by atoms with Gasteiger partial charge in [-0.15, -0.1) is 10.2 Å². The number of nitrogens with two attached hydrogens (primary N) is 1. The standard InChI is InChI=1S/C78H108FN19O16/c1-10-51-39-54(114-34-17-15-30-84-95-81)28-29-55(51)52-26-24-49(25-27-52)38-59(71(108)86-58(68(80)105)22-18-19-50-36-45(3)35-46(4)37-50)87-70(107)57(11-2)85-72(109)61(44-99)88-73(110)66(47(5)100)91-76(113)78(9,41-53-20-12-13-21-56(53)79)92-74(111)67(48(6)101)90-64(103)43-83-69(106)60(40-62-93-96-97-94-62)89-75(112)77(7,8)42-63(102)82-31-33-98-32-16-14-23-65(98)104/h12-13,20-21,24-29,35-37,39,47-48,57-61,66-67,99-101H,10-11,14-19,22-23,30-34,38,40-44H2,1-9H3,(H2,80,105)(H,82,102)(H,83,106)(H,85,109)(H,86,108)(H,87,107)(H,88,110)(H,89,112)(H,90,103)(H,91,113)(H,92,111)(H,93,94,96,97)/t47-,48-,57+,58+,59+,60+,61+,66+,67+,78+/m1/s1. The Kier molecular flexibility index (Phi) is 35.8. The SMILES string of the molecule is CCc1cc(OCCCCN=[N+]=[N-])ccc1-c1ccc(C[C@H](NC(=O)[C@H](CC)NC(=O)[C@H](CO)NC(=O)[C@@H](NC(=O)[C@](C)(Cc2ccccc2F)NC(=O)[C@@H](NC(=O)CNC(=O)[C@H](Cc2nn[nH]n2)NC(=O)C(C)(C)CC(=O)NCCN2CCCCC2=O)[C@@H](C)O)[C@@H](C)O)C(=O)N[C@@H](CCCc2cc(C)cc(C)c2)C(N)=O)cc1. The van der Waals surface area contributed by atoms with E-state index in [2.05, 4.69) is 83.8 Å². The van der Waals surface area contributed by atoms with Gasteiger partial charge in [0.15, 0.2) is 5.82 Å². The van der Waals surface area contributed by atoms with Crippen molar-refractivity contribution in [2.75, 3.05) is 45.9 Å². The third kappa shape index (κ3) is 28.6. The molecule has 5 aromatic rings. The molecular weight excluding hydrogens is 1480 g/mol. The highest BCUT2D eigenvalue weighted by Crippen LogP contribution is 2.30. The van der Waals surface area contributed by atoms with Crippen LogP contribution < -0.4 is 63.6 Å². The number of aryl methyl sites for hydroxylation is 4. The Balaban J connectivity index is 1.14. The molecule has 618 valence electrons. The summed E-state index contributed by atoms with van der Waals surface area (Å²) in [4.78, 5) is 170. The quantitative estimate of drug-likeness (QED) is 0.0113. The number of amides is 12. The van der Waals surface area contributed by atoms with Crippen LogP contribution in [0.2, 0.25) is 0 Å². The van der Waals surface area contributed by atoms with E-state index in [9.17, 15) is 72.9 Å². The number of hydrogen-bond acceptors (Lipinski definition) is 20. The van der Waals surface area contributed by atoms with Crippen molar-refractivity contribution < 1.29 is 82.0 Å². The summed E-state index contributed by atoms with van der Waals surface area (Å²) in [7, 11) is 0. The van der Waals surface area contributed by atoms with E-state index in [0.29, 0.717) is 69.5 Å². The summed E-state index contributed by atoms with van der Waals surface area (Å²) in [6.07, 6.45) is -0.0218. The van der Waals surface area contributed by atoms with Gasteiger partial charge in [-0.1, -0.05) is 116 Å². The Hall–Kier alpha value is -11.5. The predicted octanol–water partition coefficient (Wildman–Crippen LogP) is 1.28. The summed E-state index contributed by atoms with van der Waals surface area (Å²) in [5.41, 5.74) is 16.9. The average molecular weight is 1590 g/mol. The molecule has 1 saturated heterocycles. The van der Waals surface area contributed by atoms with Crippen LogP contribution in [0.4, 0.5) is 4.39 Å². The van der Waals surface area contributed by atoms with Gasteiger partial charge in [0.05, 0.1) is 37.4 Å². The van der Waals surface area contributed by atoms with E-state index in [1.807, 2.05) is 69.3 Å². The Morgan fingerprint density at radius 2 is 1.35 bits per heavy atom. The molecule has 1 aromatic heterocycles. The summed E-state index contributed by atoms with van der Waals surface area (Å²) in [6.45, 7) is 13.4. The number of aromatic nitrogens is 4. The maximum Gasteiger partial charge on any atom is 0.246 e. The van der Waals surface area contributed by atoms with E-state index in [0.717, 1.165) is 73.1 Å². The van der Waals surface area contributed by atoms with Gasteiger partial charge in [0.25, 0.3) is 0 Å². The van der Waals surface area contributed by atoms with Crippen molar-refractivity contribution in [2.45, 2.75) is 212 Å². The maximum absolute atomic E-state index is 15.5. The van der Waals surface area contributed by atoms with Crippen LogP contribution in [0.15, 0.2) is 90.0 Å². The van der Waals surface area contributed by atoms with Crippen LogP contribution in [-0.2, 0) is 89.6 Å². The zero-order chi connectivity index (χ0) is 83.8. The van der Waals surface area contributed by atoms with Crippen molar-refractivity contribution in [2.24, 2.45) is 16.3 Å². The number of ether oxygens (including phenoxy) is 1. The molecule has 0 unspecified atom stereocenters. The maximum atomic E-state index is 15.5. The molecule has 1 aliphatic rings. The first-order chi connectivity index (χ1) is 54.2. The van der Waals surface area contributed by atoms with E-state index >= 15 is 4.39 Å². The number of unbranched alkanes of at least 4 members (excludes halogenated alkanes) is 1. The highest BCUT2D eigenvalue weighted by molar-refractivity contribution is 6.00. The molecule has 10 atom stereocenters. The van der Waals surface area contributed by atoms with Gasteiger partial charge < -0.3 is 83.9 Å². The lowest BCUT2D eigenvalue weighted by molar-refractivity contribution is -0.140. The second-order valence-corrected chi connectivity index (χ2v) is 29.3. The zero-order valence-electron chi connectivity index (χ0n) is 65.9. The number of nitrogens with one attached hydrogen (secondary N) is 11. The third-order valence-corrected chi connectivity index (χ3v) is 19.2. The van der Waals surface area contributed by atoms with Gasteiger partial charge in [0.2, 0.25) is 70.9 Å². The minimum absolute atomic E-state index is 0.0176. The van der Waals surface area contributed by atoms with Crippen molar-refractivity contribution >= 4 is 70.9 Å². The molecule has 0 spiro atoms. The number of rotatable bonds is 46. The number of tetrazole rings is 1. The number of halogens is 1. The summed E-state index contributed by atoms with van der Waals surface area (Å²) in [5, 5.41) is 74.5. The lowest BCUT2D eigenvalue weighted by Gasteiger charge is -2.34. The lowest BCUT2D eigenvalue weighted by Crippen LogP contribution is -2.67. The molecule has 4 aromatic carbocycles. The van der Waals surface area contributed by atoms with Crippen molar-refractivity contribution in [3.63, 3.8) is 0 Å². The fraction of sp³-hybridized carbons (Fsp3) is 0.526. The normalized spacial score (nSPS) is 15.0. The van der Waals surface area contributed by atoms with Gasteiger partial charge in [-0.05, 0) is 150 Å². The summed E-state index contributed by atoms with van der Waals surface area (Å²) >= 11 is 0. The number of aromatic amines is 1. The van der Waals surface area contributed by atoms with E-state index in [-0.39, 0.29) is 62.5 Å². The van der Waals surface area contributed by atoms with Crippen LogP contribution in [0.1, 0.15) is 145 Å². The molecular formula is C78H108FN19O16. The molecule has 0 radical (unpaired) electrons. The van der Waals surface area contributed by atoms with Crippen LogP contribution in [0, 0.1) is 25.1 Å². The molecule has 2 heterocycles. The number of hydrogen-bond donors (Lipinski definition) is 15. The van der Waals surface area contributed by atoms with Gasteiger partial charge in [0, 0.05) is 63.2 Å². The fourth-order valence-electron chi connectivity index (χ4n) is 12.8. The molecule has 16 N–H and O–H groups in total. The van der Waals surface area contributed by atoms with Crippen LogP contribution >= 0.6 is 0 Å². The van der Waals surface area contributed by atoms with Crippen LogP contribution in [-0.4, -0.2) is 218 Å². The first-order valence-corrected chi connectivity index (χ1v) is 38.1. The molecule has 12 amide bonds. The predicted molar refractivity (Wildman–Crippen MR) is 415 cm³/mol. The van der Waals surface area contributed by atoms with Crippen molar-refractivity contribution in [1.29, 1.82) is 0 Å². The summed E-state index contributed by atoms with van der Waals surface area (Å²) < 4.78 is 21.5. The fourth-order valence-corrected chi connectivity index (χ4v) is 12.8. The molecule has 35 nitrogen and oxygen atoms in total. The Labute approximate surface area is 660 Å². The number of azide groups is 1. The third-order valence-electron chi connectivity index (χ3n) is 19.2. The monoisotopic (exact) mass is 1590 g/mol. The Bertz CT molecular complexity index is 4180. The van der Waals surface area contributed by atoms with E-state index in [4.69, 9.17) is 16.0 Å². The van der Waals surface area contributed by atoms with Crippen molar-refractivity contribution in [3.05, 3.63) is 140 Å². The number of aliphatic hydroxyl groups excluding tert-OH is 3. The first-order valence-electron chi connectivity index (χ1n) is 38.1. The first kappa shape index (κ1) is 91.4. The number of benzene rings is 4. The Morgan fingerprint density at radius 3 is 1.98 bits per heavy atom. The Morgan fingerprint density at radius 1 is 0.702 bits per heavy atom. The average Bonchev–Trinajstić information content (AvgIpc) is 0.887. The number of carbonyl (C=O) groups is 12. The highest BCUT2D eigenvalue weighted by Gasteiger charge is 2.43. The number of aliphatic hydroxyl groups is 3. The smallest absolute Gasteiger partial charge is 0.246 e. The minimum atomic E-state index is -2.35. The largest absolute Gasteiger partial charge is 0.494 e. The van der Waals surface area contributed by atoms with E-state index in [1.54, 1.807) is 17.0 Å². The zero-order valence-corrected chi connectivity index (χ0v) is 65.9. The number of H-pyrrole nitrogens is 1. The van der Waals surface area contributed by atoms with Gasteiger partial charge >= 0.3 is 0 Å².